The van der Waals surface area contributed by atoms with E-state index in [0.29, 0.717) is 18.7 Å². The lowest BCUT2D eigenvalue weighted by Gasteiger charge is -2.34. The predicted octanol–water partition coefficient (Wildman–Crippen LogP) is 3.20. The van der Waals surface area contributed by atoms with Gasteiger partial charge in [0, 0.05) is 13.0 Å². The van der Waals surface area contributed by atoms with Crippen molar-refractivity contribution in [3.63, 3.8) is 0 Å². The number of rotatable bonds is 3. The molecule has 3 heterocycles. The first-order valence-corrected chi connectivity index (χ1v) is 9.46. The third-order valence-electron chi connectivity index (χ3n) is 5.41. The van der Waals surface area contributed by atoms with Gasteiger partial charge in [-0.15, -0.1) is 5.10 Å². The van der Waals surface area contributed by atoms with Gasteiger partial charge in [-0.05, 0) is 44.0 Å². The predicted molar refractivity (Wildman–Crippen MR) is 104 cm³/mol. The van der Waals surface area contributed by atoms with E-state index in [9.17, 15) is 9.18 Å². The van der Waals surface area contributed by atoms with Gasteiger partial charge in [0.2, 0.25) is 0 Å². The Morgan fingerprint density at radius 1 is 1.39 bits per heavy atom. The number of anilines is 1. The molecule has 146 valence electrons. The quantitative estimate of drug-likeness (QED) is 0.727. The Bertz CT molecular complexity index is 1090. The highest BCUT2D eigenvalue weighted by Crippen LogP contribution is 2.35. The lowest BCUT2D eigenvalue weighted by atomic mass is 10.00. The zero-order valence-corrected chi connectivity index (χ0v) is 16.5. The Hall–Kier alpha value is -2.74. The lowest BCUT2D eigenvalue weighted by molar-refractivity contribution is 0.508. The monoisotopic (exact) mass is 402 g/mol. The molecular weight excluding hydrogens is 383 g/mol. The van der Waals surface area contributed by atoms with E-state index in [1.807, 2.05) is 30.4 Å². The van der Waals surface area contributed by atoms with Crippen LogP contribution in [0.2, 0.25) is 5.02 Å². The Morgan fingerprint density at radius 3 is 2.93 bits per heavy atom. The SMILES string of the molecule is Cc1cc(F)ccc1[C@@H](C)n1nnc2c1CCN(c1cn[nH]c(=O)c1Cl)[C@H]2C. The van der Waals surface area contributed by atoms with E-state index in [2.05, 4.69) is 20.5 Å². The van der Waals surface area contributed by atoms with Crippen molar-refractivity contribution in [2.45, 2.75) is 39.3 Å². The van der Waals surface area contributed by atoms with Crippen LogP contribution in [0, 0.1) is 12.7 Å². The summed E-state index contributed by atoms with van der Waals surface area (Å²) in [6, 6.07) is 4.61. The van der Waals surface area contributed by atoms with Gasteiger partial charge >= 0.3 is 0 Å². The van der Waals surface area contributed by atoms with Gasteiger partial charge in [-0.1, -0.05) is 22.9 Å². The number of hydrogen-bond donors (Lipinski definition) is 1. The Balaban J connectivity index is 1.69. The smallest absolute Gasteiger partial charge is 0.285 e. The molecular formula is C19H20ClFN6O. The first-order chi connectivity index (χ1) is 13.4. The lowest BCUT2D eigenvalue weighted by Crippen LogP contribution is -2.36. The second kappa shape index (κ2) is 7.01. The van der Waals surface area contributed by atoms with E-state index in [4.69, 9.17) is 11.6 Å². The fourth-order valence-electron chi connectivity index (χ4n) is 3.91. The van der Waals surface area contributed by atoms with E-state index >= 15 is 0 Å². The molecule has 2 atom stereocenters. The van der Waals surface area contributed by atoms with Gasteiger partial charge in [0.25, 0.3) is 5.56 Å². The minimum atomic E-state index is -0.416. The third kappa shape index (κ3) is 2.97. The molecule has 4 rings (SSSR count). The van der Waals surface area contributed by atoms with E-state index < -0.39 is 5.56 Å². The zero-order chi connectivity index (χ0) is 20.0. The van der Waals surface area contributed by atoms with Gasteiger partial charge in [0.05, 0.1) is 29.7 Å². The van der Waals surface area contributed by atoms with Crippen LogP contribution in [-0.2, 0) is 6.42 Å². The minimum absolute atomic E-state index is 0.0691. The maximum atomic E-state index is 13.5. The van der Waals surface area contributed by atoms with E-state index in [0.717, 1.165) is 22.5 Å². The number of benzene rings is 1. The molecule has 0 radical (unpaired) electrons. The van der Waals surface area contributed by atoms with Crippen LogP contribution < -0.4 is 10.5 Å². The van der Waals surface area contributed by atoms with Crippen molar-refractivity contribution in [1.29, 1.82) is 0 Å². The van der Waals surface area contributed by atoms with E-state index in [1.165, 1.54) is 12.1 Å². The molecule has 0 bridgehead atoms. The summed E-state index contributed by atoms with van der Waals surface area (Å²) >= 11 is 6.19. The molecule has 1 N–H and O–H groups in total. The van der Waals surface area contributed by atoms with Gasteiger partial charge < -0.3 is 4.90 Å². The number of aromatic amines is 1. The number of halogens is 2. The average molecular weight is 403 g/mol. The van der Waals surface area contributed by atoms with Crippen LogP contribution in [0.5, 0.6) is 0 Å². The van der Waals surface area contributed by atoms with Gasteiger partial charge in [-0.3, -0.25) is 4.79 Å². The molecule has 0 amide bonds. The van der Waals surface area contributed by atoms with Gasteiger partial charge in [0.15, 0.2) is 0 Å². The molecule has 0 fully saturated rings. The summed E-state index contributed by atoms with van der Waals surface area (Å²) in [7, 11) is 0. The average Bonchev–Trinajstić information content (AvgIpc) is 3.09. The van der Waals surface area contributed by atoms with Crippen LogP contribution in [0.1, 0.15) is 48.4 Å². The molecule has 0 unspecified atom stereocenters. The van der Waals surface area contributed by atoms with E-state index in [-0.39, 0.29) is 22.9 Å². The van der Waals surface area contributed by atoms with Crippen LogP contribution in [0.15, 0.2) is 29.2 Å². The van der Waals surface area contributed by atoms with Crippen molar-refractivity contribution >= 4 is 17.3 Å². The van der Waals surface area contributed by atoms with Crippen molar-refractivity contribution in [2.75, 3.05) is 11.4 Å². The summed E-state index contributed by atoms with van der Waals surface area (Å²) in [5.41, 5.74) is 3.93. The molecule has 1 aliphatic heterocycles. The van der Waals surface area contributed by atoms with Crippen LogP contribution in [0.3, 0.4) is 0 Å². The molecule has 1 aromatic carbocycles. The van der Waals surface area contributed by atoms with E-state index in [1.54, 1.807) is 12.3 Å². The largest absolute Gasteiger partial charge is 0.360 e. The van der Waals surface area contributed by atoms with Crippen LogP contribution in [-0.4, -0.2) is 31.7 Å². The van der Waals surface area contributed by atoms with Crippen molar-refractivity contribution < 1.29 is 4.39 Å². The Kier molecular flexibility index (Phi) is 4.66. The number of H-pyrrole nitrogens is 1. The molecule has 9 heteroatoms. The molecule has 2 aromatic heterocycles. The molecule has 0 spiro atoms. The van der Waals surface area contributed by atoms with Gasteiger partial charge in [-0.2, -0.15) is 5.10 Å². The molecule has 1 aliphatic rings. The standard InChI is InChI=1S/C19H20ClFN6O/c1-10-8-13(21)4-5-14(10)11(2)27-15-6-7-26(12(3)18(15)23-25-27)16-9-22-24-19(28)17(16)20/h4-5,8-9,11-12H,6-7H2,1-3H3,(H,24,28)/t11-,12+/m1/s1. The Labute approximate surface area is 166 Å². The number of aromatic nitrogens is 5. The number of nitrogens with zero attached hydrogens (tertiary/aromatic N) is 5. The summed E-state index contributed by atoms with van der Waals surface area (Å²) in [5, 5.41) is 15.1. The second-order valence-corrected chi connectivity index (χ2v) is 7.44. The van der Waals surface area contributed by atoms with Crippen LogP contribution in [0.25, 0.3) is 0 Å². The van der Waals surface area contributed by atoms with Crippen molar-refractivity contribution in [1.82, 2.24) is 25.2 Å². The van der Waals surface area contributed by atoms with Crippen molar-refractivity contribution in [2.24, 2.45) is 0 Å². The van der Waals surface area contributed by atoms with Crippen LogP contribution in [0.4, 0.5) is 10.1 Å². The first-order valence-electron chi connectivity index (χ1n) is 9.08. The maximum absolute atomic E-state index is 13.5. The molecule has 7 nitrogen and oxygen atoms in total. The number of hydrogen-bond acceptors (Lipinski definition) is 5. The molecule has 0 saturated heterocycles. The highest BCUT2D eigenvalue weighted by atomic mass is 35.5. The normalized spacial score (nSPS) is 17.5. The first kappa shape index (κ1) is 18.6. The topological polar surface area (TPSA) is 79.7 Å². The summed E-state index contributed by atoms with van der Waals surface area (Å²) in [5.74, 6) is -0.248. The number of fused-ring (bicyclic) bond motifs is 1. The number of aryl methyl sites for hydroxylation is 1. The minimum Gasteiger partial charge on any atom is -0.360 e. The Morgan fingerprint density at radius 2 is 2.18 bits per heavy atom. The van der Waals surface area contributed by atoms with Gasteiger partial charge in [0.1, 0.15) is 16.5 Å². The highest BCUT2D eigenvalue weighted by molar-refractivity contribution is 6.33. The number of nitrogens with one attached hydrogen (secondary N) is 1. The zero-order valence-electron chi connectivity index (χ0n) is 15.8. The third-order valence-corrected chi connectivity index (χ3v) is 5.77. The fraction of sp³-hybridized carbons (Fsp3) is 0.368. The fourth-order valence-corrected chi connectivity index (χ4v) is 4.11. The van der Waals surface area contributed by atoms with Gasteiger partial charge in [-0.25, -0.2) is 14.2 Å². The molecule has 3 aromatic rings. The summed E-state index contributed by atoms with van der Waals surface area (Å²) in [6.45, 7) is 6.58. The molecule has 28 heavy (non-hydrogen) atoms. The van der Waals surface area contributed by atoms with Crippen molar-refractivity contribution in [3.8, 4) is 0 Å². The second-order valence-electron chi connectivity index (χ2n) is 7.06. The van der Waals surface area contributed by atoms with Crippen molar-refractivity contribution in [3.05, 3.63) is 68.1 Å². The summed E-state index contributed by atoms with van der Waals surface area (Å²) in [4.78, 5) is 13.8. The molecule has 0 saturated carbocycles. The summed E-state index contributed by atoms with van der Waals surface area (Å²) in [6.07, 6.45) is 2.25. The molecule has 0 aliphatic carbocycles. The maximum Gasteiger partial charge on any atom is 0.285 e. The van der Waals surface area contributed by atoms with Crippen LogP contribution >= 0.6 is 11.6 Å². The summed E-state index contributed by atoms with van der Waals surface area (Å²) < 4.78 is 15.4. The highest BCUT2D eigenvalue weighted by Gasteiger charge is 2.32.